The summed E-state index contributed by atoms with van der Waals surface area (Å²) in [5.41, 5.74) is -0.138. The van der Waals surface area contributed by atoms with Gasteiger partial charge < -0.3 is 15.0 Å². The van der Waals surface area contributed by atoms with E-state index in [2.05, 4.69) is 20.3 Å². The number of hydrogen-bond donors (Lipinski definition) is 1. The predicted octanol–water partition coefficient (Wildman–Crippen LogP) is 1.71. The number of benzene rings is 1. The topological polar surface area (TPSA) is 140 Å². The number of thiophene rings is 1. The van der Waals surface area contributed by atoms with E-state index in [1.54, 1.807) is 49.6 Å². The normalized spacial score (nSPS) is 14.5. The molecule has 0 spiro atoms. The monoisotopic (exact) mass is 555 g/mol. The summed E-state index contributed by atoms with van der Waals surface area (Å²) >= 11 is 1.14. The van der Waals surface area contributed by atoms with Gasteiger partial charge >= 0.3 is 0 Å². The molecule has 1 N–H and O–H groups in total. The number of hydrogen-bond acceptors (Lipinski definition) is 10. The van der Waals surface area contributed by atoms with E-state index in [4.69, 9.17) is 4.74 Å². The van der Waals surface area contributed by atoms with Crippen molar-refractivity contribution in [3.63, 3.8) is 0 Å². The van der Waals surface area contributed by atoms with Crippen molar-refractivity contribution in [2.45, 2.75) is 18.4 Å². The lowest BCUT2D eigenvalue weighted by Gasteiger charge is -2.33. The summed E-state index contributed by atoms with van der Waals surface area (Å²) < 4.78 is 35.2. The summed E-state index contributed by atoms with van der Waals surface area (Å²) in [7, 11) is -2.51. The molecule has 14 heteroatoms. The molecule has 5 rings (SSSR count). The number of ether oxygens (including phenoxy) is 1. The summed E-state index contributed by atoms with van der Waals surface area (Å²) in [6.45, 7) is 2.57. The van der Waals surface area contributed by atoms with Crippen LogP contribution in [0.25, 0.3) is 10.2 Å². The molecule has 1 aliphatic rings. The Morgan fingerprint density at radius 2 is 1.79 bits per heavy atom. The smallest absolute Gasteiger partial charge is 0.263 e. The average molecular weight is 556 g/mol. The van der Waals surface area contributed by atoms with Crippen molar-refractivity contribution in [3.05, 3.63) is 64.3 Å². The van der Waals surface area contributed by atoms with E-state index in [0.29, 0.717) is 40.2 Å². The van der Waals surface area contributed by atoms with Gasteiger partial charge in [-0.25, -0.2) is 23.4 Å². The standard InChI is InChI=1S/C24H25N7O5S2/c1-16-21(38(34,35)31-12-10-29(11-13-31)24-25-8-5-9-26-24)20-22(37-16)27-15-30(23(20)33)14-19(32)28-17-6-3-4-7-18(17)36-2/h3-9,15H,10-14H2,1-2H3,(H,28,32). The molecular weight excluding hydrogens is 530 g/mol. The van der Waals surface area contributed by atoms with Crippen molar-refractivity contribution in [3.8, 4) is 5.75 Å². The maximum atomic E-state index is 13.7. The molecule has 0 unspecified atom stereocenters. The first-order chi connectivity index (χ1) is 18.3. The third kappa shape index (κ3) is 4.85. The summed E-state index contributed by atoms with van der Waals surface area (Å²) in [6.07, 6.45) is 4.54. The Hall–Kier alpha value is -3.88. The van der Waals surface area contributed by atoms with Crippen LogP contribution in [0.4, 0.5) is 11.6 Å². The van der Waals surface area contributed by atoms with Crippen LogP contribution >= 0.6 is 11.3 Å². The number of nitrogens with one attached hydrogen (secondary N) is 1. The maximum Gasteiger partial charge on any atom is 0.263 e. The lowest BCUT2D eigenvalue weighted by molar-refractivity contribution is -0.116. The summed E-state index contributed by atoms with van der Waals surface area (Å²) in [6, 6.07) is 8.62. The molecular formula is C24H25N7O5S2. The minimum atomic E-state index is -4.00. The van der Waals surface area contributed by atoms with Gasteiger partial charge in [-0.3, -0.25) is 14.2 Å². The second kappa shape index (κ2) is 10.5. The molecule has 4 heterocycles. The summed E-state index contributed by atoms with van der Waals surface area (Å²) in [4.78, 5) is 41.6. The van der Waals surface area contributed by atoms with E-state index in [9.17, 15) is 18.0 Å². The van der Waals surface area contributed by atoms with E-state index in [0.717, 1.165) is 15.9 Å². The molecule has 38 heavy (non-hydrogen) atoms. The summed E-state index contributed by atoms with van der Waals surface area (Å²) in [5, 5.41) is 2.71. The molecule has 1 saturated heterocycles. The lowest BCUT2D eigenvalue weighted by atomic mass is 10.3. The van der Waals surface area contributed by atoms with Crippen LogP contribution in [0.2, 0.25) is 0 Å². The zero-order chi connectivity index (χ0) is 26.9. The van der Waals surface area contributed by atoms with Crippen LogP contribution < -0.4 is 20.5 Å². The highest BCUT2D eigenvalue weighted by Gasteiger charge is 2.34. The fourth-order valence-electron chi connectivity index (χ4n) is 4.34. The molecule has 1 fully saturated rings. The first-order valence-electron chi connectivity index (χ1n) is 11.7. The maximum absolute atomic E-state index is 13.7. The van der Waals surface area contributed by atoms with Gasteiger partial charge in [0.15, 0.2) is 0 Å². The Morgan fingerprint density at radius 1 is 1.08 bits per heavy atom. The molecule has 12 nitrogen and oxygen atoms in total. The van der Waals surface area contributed by atoms with Gasteiger partial charge in [0.2, 0.25) is 21.9 Å². The number of aromatic nitrogens is 4. The van der Waals surface area contributed by atoms with Crippen LogP contribution in [-0.4, -0.2) is 71.4 Å². The molecule has 1 amide bonds. The second-order valence-corrected chi connectivity index (χ2v) is 11.6. The van der Waals surface area contributed by atoms with Gasteiger partial charge in [-0.2, -0.15) is 4.31 Å². The van der Waals surface area contributed by atoms with Crippen molar-refractivity contribution >= 4 is 49.1 Å². The highest BCUT2D eigenvalue weighted by atomic mass is 32.2. The van der Waals surface area contributed by atoms with Crippen LogP contribution in [0.1, 0.15) is 4.88 Å². The van der Waals surface area contributed by atoms with E-state index < -0.39 is 21.5 Å². The fraction of sp³-hybridized carbons (Fsp3) is 0.292. The zero-order valence-electron chi connectivity index (χ0n) is 20.7. The number of nitrogens with zero attached hydrogens (tertiary/aromatic N) is 6. The molecule has 0 aliphatic carbocycles. The van der Waals surface area contributed by atoms with Crippen LogP contribution in [0.3, 0.4) is 0 Å². The number of piperazine rings is 1. The number of sulfonamides is 1. The predicted molar refractivity (Wildman–Crippen MR) is 143 cm³/mol. The van der Waals surface area contributed by atoms with Gasteiger partial charge in [0.05, 0.1) is 24.5 Å². The number of methoxy groups -OCH3 is 1. The van der Waals surface area contributed by atoms with Crippen molar-refractivity contribution in [1.82, 2.24) is 23.8 Å². The molecule has 4 aromatic rings. The Kier molecular flexibility index (Phi) is 7.10. The highest BCUT2D eigenvalue weighted by molar-refractivity contribution is 7.89. The van der Waals surface area contributed by atoms with Gasteiger partial charge in [0.1, 0.15) is 22.0 Å². The van der Waals surface area contributed by atoms with E-state index in [1.807, 2.05) is 4.90 Å². The largest absolute Gasteiger partial charge is 0.495 e. The molecule has 198 valence electrons. The highest BCUT2D eigenvalue weighted by Crippen LogP contribution is 2.33. The van der Waals surface area contributed by atoms with Crippen molar-refractivity contribution in [2.24, 2.45) is 0 Å². The first-order valence-corrected chi connectivity index (χ1v) is 14.0. The van der Waals surface area contributed by atoms with Crippen LogP contribution in [0.5, 0.6) is 5.75 Å². The number of rotatable bonds is 7. The third-order valence-corrected chi connectivity index (χ3v) is 9.38. The van der Waals surface area contributed by atoms with Gasteiger partial charge in [0.25, 0.3) is 5.56 Å². The van der Waals surface area contributed by atoms with Crippen LogP contribution in [0.15, 0.2) is 58.7 Å². The minimum Gasteiger partial charge on any atom is -0.495 e. The van der Waals surface area contributed by atoms with Crippen molar-refractivity contribution in [1.29, 1.82) is 0 Å². The molecule has 0 bridgehead atoms. The quantitative estimate of drug-likeness (QED) is 0.361. The Morgan fingerprint density at radius 3 is 2.50 bits per heavy atom. The number of aryl methyl sites for hydroxylation is 1. The van der Waals surface area contributed by atoms with Crippen molar-refractivity contribution < 1.29 is 17.9 Å². The van der Waals surface area contributed by atoms with Crippen molar-refractivity contribution in [2.75, 3.05) is 43.5 Å². The SMILES string of the molecule is COc1ccccc1NC(=O)Cn1cnc2sc(C)c(S(=O)(=O)N3CCN(c4ncccn4)CC3)c2c1=O. The van der Waals surface area contributed by atoms with Gasteiger partial charge in [-0.15, -0.1) is 11.3 Å². The Balaban J connectivity index is 1.41. The number of carbonyl (C=O) groups excluding carboxylic acids is 1. The number of amides is 1. The fourth-order valence-corrected chi connectivity index (χ4v) is 7.43. The Labute approximate surface area is 222 Å². The summed E-state index contributed by atoms with van der Waals surface area (Å²) in [5.74, 6) is 0.538. The molecule has 3 aromatic heterocycles. The van der Waals surface area contributed by atoms with E-state index >= 15 is 0 Å². The zero-order valence-corrected chi connectivity index (χ0v) is 22.3. The van der Waals surface area contributed by atoms with Gasteiger partial charge in [-0.05, 0) is 25.1 Å². The average Bonchev–Trinajstić information content (AvgIpc) is 3.28. The van der Waals surface area contributed by atoms with E-state index in [-0.39, 0.29) is 29.9 Å². The van der Waals surface area contributed by atoms with Gasteiger partial charge in [0, 0.05) is 43.4 Å². The van der Waals surface area contributed by atoms with Gasteiger partial charge in [-0.1, -0.05) is 12.1 Å². The van der Waals surface area contributed by atoms with Crippen LogP contribution in [0, 0.1) is 6.92 Å². The lowest BCUT2D eigenvalue weighted by Crippen LogP contribution is -2.49. The molecule has 1 aliphatic heterocycles. The number of para-hydroxylation sites is 2. The number of carbonyl (C=O) groups is 1. The second-order valence-electron chi connectivity index (χ2n) is 8.53. The Bertz CT molecular complexity index is 1650. The van der Waals surface area contributed by atoms with E-state index in [1.165, 1.54) is 17.7 Å². The molecule has 0 radical (unpaired) electrons. The third-order valence-electron chi connectivity index (χ3n) is 6.17. The molecule has 0 saturated carbocycles. The first kappa shape index (κ1) is 25.8. The number of fused-ring (bicyclic) bond motifs is 1. The van der Waals surface area contributed by atoms with Crippen LogP contribution in [-0.2, 0) is 21.4 Å². The molecule has 0 atom stereocenters. The number of anilines is 2. The molecule has 1 aromatic carbocycles. The minimum absolute atomic E-state index is 0.00564.